The maximum absolute atomic E-state index is 12.9. The number of hydrogen-bond donors (Lipinski definition) is 0. The van der Waals surface area contributed by atoms with Gasteiger partial charge >= 0.3 is 0 Å². The predicted octanol–water partition coefficient (Wildman–Crippen LogP) is 4.74. The number of unbranched alkanes of at least 4 members (excludes halogenated alkanes) is 1. The van der Waals surface area contributed by atoms with Crippen LogP contribution in [0.15, 0.2) is 6.07 Å². The Morgan fingerprint density at radius 2 is 1.77 bits per heavy atom. The average molecular weight is 360 g/mol. The molecule has 1 saturated heterocycles. The van der Waals surface area contributed by atoms with Crippen LogP contribution >= 0.6 is 0 Å². The molecule has 0 atom stereocenters. The number of piperidine rings is 1. The van der Waals surface area contributed by atoms with E-state index in [-0.39, 0.29) is 0 Å². The Balaban J connectivity index is 1.42. The quantitative estimate of drug-likeness (QED) is 0.736. The van der Waals surface area contributed by atoms with Crippen LogP contribution in [0.1, 0.15) is 76.1 Å². The smallest absolute Gasteiger partial charge is 0.225 e. The molecule has 0 N–H and O–H groups in total. The van der Waals surface area contributed by atoms with E-state index in [0.717, 1.165) is 56.9 Å². The molecule has 1 aromatic heterocycles. The number of hydrogen-bond acceptors (Lipinski definition) is 2. The molecule has 3 rings (SSSR count). The highest BCUT2D eigenvalue weighted by Gasteiger charge is 2.31. The summed E-state index contributed by atoms with van der Waals surface area (Å²) < 4.78 is 2.15. The molecule has 1 saturated carbocycles. The fourth-order valence-corrected chi connectivity index (χ4v) is 4.89. The van der Waals surface area contributed by atoms with Gasteiger partial charge in [-0.05, 0) is 70.3 Å². The molecule has 2 aliphatic rings. The van der Waals surface area contributed by atoms with E-state index in [1.54, 1.807) is 0 Å². The zero-order chi connectivity index (χ0) is 18.5. The number of aryl methyl sites for hydroxylation is 2. The summed E-state index contributed by atoms with van der Waals surface area (Å²) in [5.74, 6) is 2.29. The SMILES string of the molecule is CCCCC1CCC(C(=O)N2CCC(Cn3nc(C)cc3C)CC2)CC1. The van der Waals surface area contributed by atoms with Crippen molar-refractivity contribution in [1.29, 1.82) is 0 Å². The molecular formula is C22H37N3O. The third-order valence-corrected chi connectivity index (χ3v) is 6.62. The topological polar surface area (TPSA) is 38.1 Å². The lowest BCUT2D eigenvalue weighted by Crippen LogP contribution is -2.43. The molecule has 0 bridgehead atoms. The lowest BCUT2D eigenvalue weighted by molar-refractivity contribution is -0.138. The Hall–Kier alpha value is -1.32. The largest absolute Gasteiger partial charge is 0.342 e. The Morgan fingerprint density at radius 3 is 2.35 bits per heavy atom. The number of carbonyl (C=O) groups excluding carboxylic acids is 1. The van der Waals surface area contributed by atoms with E-state index in [2.05, 4.69) is 41.5 Å². The van der Waals surface area contributed by atoms with Crippen LogP contribution in [0.3, 0.4) is 0 Å². The maximum atomic E-state index is 12.9. The molecule has 0 aromatic carbocycles. The third-order valence-electron chi connectivity index (χ3n) is 6.62. The summed E-state index contributed by atoms with van der Waals surface area (Å²) in [6, 6.07) is 2.15. The number of likely N-dealkylation sites (tertiary alicyclic amines) is 1. The monoisotopic (exact) mass is 359 g/mol. The van der Waals surface area contributed by atoms with E-state index in [1.807, 2.05) is 0 Å². The highest BCUT2D eigenvalue weighted by atomic mass is 16.2. The highest BCUT2D eigenvalue weighted by Crippen LogP contribution is 2.33. The fraction of sp³-hybridized carbons (Fsp3) is 0.818. The lowest BCUT2D eigenvalue weighted by atomic mass is 9.79. The van der Waals surface area contributed by atoms with Crippen molar-refractivity contribution in [2.75, 3.05) is 13.1 Å². The van der Waals surface area contributed by atoms with Gasteiger partial charge in [0, 0.05) is 31.2 Å². The van der Waals surface area contributed by atoms with E-state index in [1.165, 1.54) is 37.8 Å². The summed E-state index contributed by atoms with van der Waals surface area (Å²) >= 11 is 0. The van der Waals surface area contributed by atoms with E-state index in [0.29, 0.717) is 17.7 Å². The van der Waals surface area contributed by atoms with Gasteiger partial charge in [-0.3, -0.25) is 9.48 Å². The van der Waals surface area contributed by atoms with Gasteiger partial charge in [-0.15, -0.1) is 0 Å². The van der Waals surface area contributed by atoms with Crippen LogP contribution in [0.2, 0.25) is 0 Å². The third kappa shape index (κ3) is 4.89. The Labute approximate surface area is 159 Å². The van der Waals surface area contributed by atoms with Gasteiger partial charge in [0.25, 0.3) is 0 Å². The minimum Gasteiger partial charge on any atom is -0.342 e. The van der Waals surface area contributed by atoms with Crippen molar-refractivity contribution >= 4 is 5.91 Å². The summed E-state index contributed by atoms with van der Waals surface area (Å²) in [4.78, 5) is 15.1. The predicted molar refractivity (Wildman–Crippen MR) is 106 cm³/mol. The summed E-state index contributed by atoms with van der Waals surface area (Å²) in [7, 11) is 0. The molecule has 4 heteroatoms. The second kappa shape index (κ2) is 9.05. The van der Waals surface area contributed by atoms with Crippen molar-refractivity contribution in [3.05, 3.63) is 17.5 Å². The van der Waals surface area contributed by atoms with Gasteiger partial charge in [0.2, 0.25) is 5.91 Å². The molecule has 0 spiro atoms. The molecule has 2 heterocycles. The molecule has 146 valence electrons. The van der Waals surface area contributed by atoms with Gasteiger partial charge in [-0.1, -0.05) is 26.2 Å². The van der Waals surface area contributed by atoms with Gasteiger partial charge in [0.15, 0.2) is 0 Å². The van der Waals surface area contributed by atoms with E-state index in [9.17, 15) is 4.79 Å². The van der Waals surface area contributed by atoms with Crippen molar-refractivity contribution in [2.24, 2.45) is 17.8 Å². The number of nitrogens with zero attached hydrogens (tertiary/aromatic N) is 3. The van der Waals surface area contributed by atoms with Crippen molar-refractivity contribution < 1.29 is 4.79 Å². The summed E-state index contributed by atoms with van der Waals surface area (Å²) in [5, 5.41) is 4.60. The molecule has 1 amide bonds. The second-order valence-electron chi connectivity index (χ2n) is 8.74. The van der Waals surface area contributed by atoms with Gasteiger partial charge in [-0.25, -0.2) is 0 Å². The van der Waals surface area contributed by atoms with Crippen LogP contribution in [0.5, 0.6) is 0 Å². The summed E-state index contributed by atoms with van der Waals surface area (Å²) in [6.45, 7) is 9.35. The van der Waals surface area contributed by atoms with E-state index < -0.39 is 0 Å². The van der Waals surface area contributed by atoms with Crippen LogP contribution < -0.4 is 0 Å². The molecular weight excluding hydrogens is 322 g/mol. The van der Waals surface area contributed by atoms with Gasteiger partial charge in [0.1, 0.15) is 0 Å². The van der Waals surface area contributed by atoms with Gasteiger partial charge in [-0.2, -0.15) is 5.10 Å². The van der Waals surface area contributed by atoms with Crippen LogP contribution in [0, 0.1) is 31.6 Å². The second-order valence-corrected chi connectivity index (χ2v) is 8.74. The first kappa shape index (κ1) is 19.4. The fourth-order valence-electron chi connectivity index (χ4n) is 4.89. The van der Waals surface area contributed by atoms with Crippen LogP contribution in [-0.2, 0) is 11.3 Å². The minimum absolute atomic E-state index is 0.306. The lowest BCUT2D eigenvalue weighted by Gasteiger charge is -2.36. The number of amides is 1. The van der Waals surface area contributed by atoms with E-state index >= 15 is 0 Å². The van der Waals surface area contributed by atoms with Gasteiger partial charge < -0.3 is 4.90 Å². The van der Waals surface area contributed by atoms with Crippen molar-refractivity contribution in [2.45, 2.75) is 85.1 Å². The first-order valence-electron chi connectivity index (χ1n) is 10.9. The molecule has 0 radical (unpaired) electrons. The molecule has 26 heavy (non-hydrogen) atoms. The molecule has 0 unspecified atom stereocenters. The van der Waals surface area contributed by atoms with Crippen molar-refractivity contribution in [3.8, 4) is 0 Å². The molecule has 4 nitrogen and oxygen atoms in total. The van der Waals surface area contributed by atoms with Crippen LogP contribution in [0.25, 0.3) is 0 Å². The normalized spacial score (nSPS) is 24.8. The average Bonchev–Trinajstić information content (AvgIpc) is 2.97. The number of aromatic nitrogens is 2. The molecule has 1 aliphatic heterocycles. The first-order chi connectivity index (χ1) is 12.6. The van der Waals surface area contributed by atoms with Crippen molar-refractivity contribution in [1.82, 2.24) is 14.7 Å². The Bertz CT molecular complexity index is 578. The van der Waals surface area contributed by atoms with Crippen molar-refractivity contribution in [3.63, 3.8) is 0 Å². The minimum atomic E-state index is 0.306. The number of carbonyl (C=O) groups is 1. The maximum Gasteiger partial charge on any atom is 0.225 e. The zero-order valence-corrected chi connectivity index (χ0v) is 17.0. The van der Waals surface area contributed by atoms with Crippen LogP contribution in [-0.4, -0.2) is 33.7 Å². The first-order valence-corrected chi connectivity index (χ1v) is 10.9. The highest BCUT2D eigenvalue weighted by molar-refractivity contribution is 5.79. The summed E-state index contributed by atoms with van der Waals surface area (Å²) in [5.41, 5.74) is 2.35. The summed E-state index contributed by atoms with van der Waals surface area (Å²) in [6.07, 6.45) is 11.0. The molecule has 2 fully saturated rings. The zero-order valence-electron chi connectivity index (χ0n) is 17.0. The van der Waals surface area contributed by atoms with Crippen LogP contribution in [0.4, 0.5) is 0 Å². The van der Waals surface area contributed by atoms with E-state index in [4.69, 9.17) is 0 Å². The standard InChI is InChI=1S/C22H37N3O/c1-4-5-6-19-7-9-21(10-8-19)22(26)24-13-11-20(12-14-24)16-25-18(3)15-17(2)23-25/h15,19-21H,4-14,16H2,1-3H3. The Morgan fingerprint density at radius 1 is 1.08 bits per heavy atom. The Kier molecular flexibility index (Phi) is 6.77. The number of rotatable bonds is 6. The molecule has 1 aromatic rings. The van der Waals surface area contributed by atoms with Gasteiger partial charge in [0.05, 0.1) is 5.69 Å². The molecule has 1 aliphatic carbocycles.